The van der Waals surface area contributed by atoms with Crippen LogP contribution < -0.4 is 0 Å². The number of ether oxygens (including phenoxy) is 5. The van der Waals surface area contributed by atoms with Crippen LogP contribution in [0.1, 0.15) is 99.3 Å². The highest BCUT2D eigenvalue weighted by atomic mass is 16.5. The van der Waals surface area contributed by atoms with Crippen LogP contribution in [-0.4, -0.2) is 108 Å². The normalized spacial score (nSPS) is 39.3. The number of esters is 1. The Hall–Kier alpha value is -1.63. The van der Waals surface area contributed by atoms with Gasteiger partial charge in [-0.25, -0.2) is 4.79 Å². The average Bonchev–Trinajstić information content (AvgIpc) is 3.08. The average molecular weight is 695 g/mol. The number of rotatable bonds is 8. The Morgan fingerprint density at radius 3 is 2.31 bits per heavy atom. The molecule has 0 aromatic rings. The van der Waals surface area contributed by atoms with E-state index in [9.17, 15) is 25.2 Å². The Kier molecular flexibility index (Phi) is 17.4. The van der Waals surface area contributed by atoms with Crippen LogP contribution in [-0.2, 0) is 28.5 Å². The Bertz CT molecular complexity index is 1080. The zero-order valence-electron chi connectivity index (χ0n) is 31.1. The summed E-state index contributed by atoms with van der Waals surface area (Å²) >= 11 is 0. The fraction of sp³-hybridized carbons (Fsp3) is 0.821. The van der Waals surface area contributed by atoms with E-state index < -0.39 is 48.3 Å². The number of aliphatic hydroxyl groups excluding tert-OH is 4. The molecule has 4 N–H and O–H groups in total. The minimum absolute atomic E-state index is 0.0460. The topological polar surface area (TPSA) is 144 Å². The lowest BCUT2D eigenvalue weighted by atomic mass is 9.78. The van der Waals surface area contributed by atoms with Gasteiger partial charge < -0.3 is 44.1 Å². The molecule has 0 spiro atoms. The minimum atomic E-state index is -1.02. The van der Waals surface area contributed by atoms with E-state index in [1.807, 2.05) is 39.8 Å². The molecule has 0 radical (unpaired) electrons. The summed E-state index contributed by atoms with van der Waals surface area (Å²) in [6, 6.07) is 0. The van der Waals surface area contributed by atoms with Gasteiger partial charge in [-0.1, -0.05) is 57.6 Å². The van der Waals surface area contributed by atoms with E-state index in [-0.39, 0.29) is 54.9 Å². The van der Waals surface area contributed by atoms with Crippen LogP contribution in [0.15, 0.2) is 36.0 Å². The van der Waals surface area contributed by atoms with Crippen LogP contribution in [0.25, 0.3) is 0 Å². The standard InChI is InChI=1S/C39H66O10/c1-23-12-15-29(40)19-30-10-9-11-31(48-30)21-36(46-8)26(4)34(41)22-35(42)27(5)39(49-37(43)17-13-23)28(6)38(44)24(2)14-16-32-20-33(45-7)18-25(3)47-32/h9-10,12-13,17,24-36,38-42,44H,11,14-16,18-22H2,1-8H3. The number of allylic oxidation sites excluding steroid dienone is 2. The van der Waals surface area contributed by atoms with Crippen LogP contribution in [0.4, 0.5) is 0 Å². The van der Waals surface area contributed by atoms with E-state index in [0.29, 0.717) is 32.1 Å². The molecular formula is C39H66O10. The Morgan fingerprint density at radius 1 is 0.898 bits per heavy atom. The SMILES string of the molecule is COC1CC(C)OC(CCC(C)C(O)C(C)C2OC(=O)C=CC(C)=CCC(O)CC3C=CCC(CC(OC)C(C)C(O)CC(O)C2C)O3)C1. The van der Waals surface area contributed by atoms with Gasteiger partial charge in [-0.15, -0.1) is 0 Å². The first-order chi connectivity index (χ1) is 23.2. The number of methoxy groups -OCH3 is 2. The van der Waals surface area contributed by atoms with Crippen LogP contribution >= 0.6 is 0 Å². The Labute approximate surface area is 294 Å². The second-order valence-electron chi connectivity index (χ2n) is 15.2. The lowest BCUT2D eigenvalue weighted by Crippen LogP contribution is -2.45. The number of fused-ring (bicyclic) bond motifs is 2. The van der Waals surface area contributed by atoms with E-state index in [2.05, 4.69) is 13.0 Å². The fourth-order valence-corrected chi connectivity index (χ4v) is 7.67. The first-order valence-corrected chi connectivity index (χ1v) is 18.5. The lowest BCUT2D eigenvalue weighted by Gasteiger charge is -2.38. The van der Waals surface area contributed by atoms with Gasteiger partial charge in [0.1, 0.15) is 6.10 Å². The summed E-state index contributed by atoms with van der Waals surface area (Å²) in [7, 11) is 3.35. The van der Waals surface area contributed by atoms with Crippen LogP contribution in [0, 0.1) is 23.7 Å². The van der Waals surface area contributed by atoms with Crippen molar-refractivity contribution in [2.75, 3.05) is 14.2 Å². The summed E-state index contributed by atoms with van der Waals surface area (Å²) in [6.45, 7) is 11.5. The smallest absolute Gasteiger partial charge is 0.331 e. The number of hydrogen-bond acceptors (Lipinski definition) is 10. The second kappa shape index (κ2) is 20.4. The first kappa shape index (κ1) is 41.8. The maximum atomic E-state index is 13.2. The number of cyclic esters (lactones) is 1. The van der Waals surface area contributed by atoms with Gasteiger partial charge >= 0.3 is 5.97 Å². The molecule has 1 saturated heterocycles. The number of hydrogen-bond donors (Lipinski definition) is 4. The van der Waals surface area contributed by atoms with Crippen molar-refractivity contribution in [2.24, 2.45) is 23.7 Å². The summed E-state index contributed by atoms with van der Waals surface area (Å²) in [6.07, 6.45) is 9.69. The van der Waals surface area contributed by atoms with Gasteiger partial charge in [0.2, 0.25) is 0 Å². The van der Waals surface area contributed by atoms with Gasteiger partial charge in [0.25, 0.3) is 0 Å². The molecule has 15 unspecified atom stereocenters. The molecule has 3 rings (SSSR count). The predicted molar refractivity (Wildman–Crippen MR) is 189 cm³/mol. The number of aliphatic hydroxyl groups is 4. The molecule has 1 fully saturated rings. The number of carbonyl (C=O) groups is 1. The van der Waals surface area contributed by atoms with Gasteiger partial charge in [0.05, 0.1) is 61.0 Å². The maximum Gasteiger partial charge on any atom is 0.331 e. The molecule has 282 valence electrons. The van der Waals surface area contributed by atoms with Crippen molar-refractivity contribution in [3.63, 3.8) is 0 Å². The summed E-state index contributed by atoms with van der Waals surface area (Å²) in [5.74, 6) is -2.14. The minimum Gasteiger partial charge on any atom is -0.458 e. The molecule has 3 aliphatic rings. The highest BCUT2D eigenvalue weighted by Crippen LogP contribution is 2.33. The molecule has 3 heterocycles. The van der Waals surface area contributed by atoms with Crippen LogP contribution in [0.2, 0.25) is 0 Å². The third kappa shape index (κ3) is 13.1. The zero-order chi connectivity index (χ0) is 36.2. The molecule has 0 aromatic carbocycles. The van der Waals surface area contributed by atoms with Crippen molar-refractivity contribution in [3.8, 4) is 0 Å². The van der Waals surface area contributed by atoms with Crippen LogP contribution in [0.3, 0.4) is 0 Å². The van der Waals surface area contributed by atoms with Crippen molar-refractivity contribution < 1.29 is 48.9 Å². The van der Waals surface area contributed by atoms with Crippen molar-refractivity contribution in [3.05, 3.63) is 36.0 Å². The summed E-state index contributed by atoms with van der Waals surface area (Å²) in [4.78, 5) is 13.2. The molecule has 0 saturated carbocycles. The van der Waals surface area contributed by atoms with E-state index in [1.165, 1.54) is 6.08 Å². The zero-order valence-corrected chi connectivity index (χ0v) is 31.1. The summed E-state index contributed by atoms with van der Waals surface area (Å²) in [5.41, 5.74) is 0.796. The summed E-state index contributed by atoms with van der Waals surface area (Å²) < 4.78 is 29.9. The molecule has 0 aliphatic carbocycles. The van der Waals surface area contributed by atoms with Gasteiger partial charge in [-0.3, -0.25) is 0 Å². The molecule has 0 amide bonds. The third-order valence-corrected chi connectivity index (χ3v) is 11.1. The van der Waals surface area contributed by atoms with Gasteiger partial charge in [-0.2, -0.15) is 0 Å². The highest BCUT2D eigenvalue weighted by molar-refractivity contribution is 5.82. The van der Waals surface area contributed by atoms with Crippen molar-refractivity contribution in [2.45, 2.75) is 166 Å². The molecule has 0 aromatic heterocycles. The van der Waals surface area contributed by atoms with Crippen LogP contribution in [0.5, 0.6) is 0 Å². The van der Waals surface area contributed by atoms with Crippen molar-refractivity contribution >= 4 is 5.97 Å². The fourth-order valence-electron chi connectivity index (χ4n) is 7.67. The molecule has 2 bridgehead atoms. The quantitative estimate of drug-likeness (QED) is 0.201. The highest BCUT2D eigenvalue weighted by Gasteiger charge is 2.39. The Morgan fingerprint density at radius 2 is 1.61 bits per heavy atom. The first-order valence-electron chi connectivity index (χ1n) is 18.5. The van der Waals surface area contributed by atoms with E-state index in [0.717, 1.165) is 24.8 Å². The van der Waals surface area contributed by atoms with Gasteiger partial charge in [0.15, 0.2) is 0 Å². The van der Waals surface area contributed by atoms with E-state index >= 15 is 0 Å². The molecular weight excluding hydrogens is 628 g/mol. The number of carbonyl (C=O) groups excluding carboxylic acids is 1. The van der Waals surface area contributed by atoms with Gasteiger partial charge in [-0.05, 0) is 64.7 Å². The molecule has 10 heteroatoms. The summed E-state index contributed by atoms with van der Waals surface area (Å²) in [5, 5.41) is 45.1. The predicted octanol–water partition coefficient (Wildman–Crippen LogP) is 5.05. The second-order valence-corrected chi connectivity index (χ2v) is 15.2. The van der Waals surface area contributed by atoms with Crippen molar-refractivity contribution in [1.29, 1.82) is 0 Å². The molecule has 15 atom stereocenters. The monoisotopic (exact) mass is 694 g/mol. The molecule has 10 nitrogen and oxygen atoms in total. The van der Waals surface area contributed by atoms with E-state index in [1.54, 1.807) is 27.2 Å². The molecule has 49 heavy (non-hydrogen) atoms. The Balaban J connectivity index is 1.80. The maximum absolute atomic E-state index is 13.2. The lowest BCUT2D eigenvalue weighted by molar-refractivity contribution is -0.157. The van der Waals surface area contributed by atoms with Crippen molar-refractivity contribution in [1.82, 2.24) is 0 Å². The third-order valence-electron chi connectivity index (χ3n) is 11.1. The molecule has 3 aliphatic heterocycles. The van der Waals surface area contributed by atoms with E-state index in [4.69, 9.17) is 23.7 Å². The van der Waals surface area contributed by atoms with Gasteiger partial charge in [0, 0.05) is 50.9 Å². The largest absolute Gasteiger partial charge is 0.458 e.